The predicted molar refractivity (Wildman–Crippen MR) is 67.9 cm³/mol. The van der Waals surface area contributed by atoms with Crippen molar-refractivity contribution >= 4 is 11.4 Å². The number of nitrogens with two attached hydrogens (primary N) is 1. The predicted octanol–water partition coefficient (Wildman–Crippen LogP) is 2.49. The lowest BCUT2D eigenvalue weighted by atomic mass is 9.95. The van der Waals surface area contributed by atoms with E-state index in [0.717, 1.165) is 6.07 Å². The third-order valence-corrected chi connectivity index (χ3v) is 3.59. The maximum atomic E-state index is 13.0. The Balaban J connectivity index is 2.34. The van der Waals surface area contributed by atoms with Gasteiger partial charge in [-0.15, -0.1) is 0 Å². The van der Waals surface area contributed by atoms with Gasteiger partial charge in [-0.2, -0.15) is 13.2 Å². The van der Waals surface area contributed by atoms with Gasteiger partial charge in [0.1, 0.15) is 0 Å². The molecule has 0 aliphatic carbocycles. The maximum absolute atomic E-state index is 13.0. The number of aliphatic hydroxyl groups excluding tert-OH is 1. The van der Waals surface area contributed by atoms with Crippen LogP contribution in [0.4, 0.5) is 24.5 Å². The average molecular weight is 274 g/mol. The second kappa shape index (κ2) is 4.92. The van der Waals surface area contributed by atoms with E-state index in [1.807, 2.05) is 6.92 Å². The topological polar surface area (TPSA) is 49.5 Å². The van der Waals surface area contributed by atoms with Gasteiger partial charge in [0.15, 0.2) is 0 Å². The summed E-state index contributed by atoms with van der Waals surface area (Å²) in [5, 5.41) is 9.81. The number of rotatable bonds is 1. The van der Waals surface area contributed by atoms with Crippen LogP contribution >= 0.6 is 0 Å². The first-order valence-corrected chi connectivity index (χ1v) is 6.19. The van der Waals surface area contributed by atoms with Crippen LogP contribution in [0.5, 0.6) is 0 Å². The number of nitrogens with zero attached hydrogens (tertiary/aromatic N) is 1. The van der Waals surface area contributed by atoms with Crippen LogP contribution in [0.3, 0.4) is 0 Å². The van der Waals surface area contributed by atoms with Gasteiger partial charge in [-0.25, -0.2) is 0 Å². The highest BCUT2D eigenvalue weighted by Gasteiger charge is 2.36. The summed E-state index contributed by atoms with van der Waals surface area (Å²) in [6.45, 7) is 2.62. The molecular weight excluding hydrogens is 257 g/mol. The van der Waals surface area contributed by atoms with Crippen LogP contribution < -0.4 is 10.6 Å². The lowest BCUT2D eigenvalue weighted by Crippen LogP contribution is -2.43. The summed E-state index contributed by atoms with van der Waals surface area (Å²) in [5.41, 5.74) is 4.87. The number of halogens is 3. The van der Waals surface area contributed by atoms with E-state index in [0.29, 0.717) is 13.0 Å². The number of hydrogen-bond donors (Lipinski definition) is 2. The Bertz CT molecular complexity index is 462. The lowest BCUT2D eigenvalue weighted by Gasteiger charge is -2.37. The molecule has 3 nitrogen and oxygen atoms in total. The summed E-state index contributed by atoms with van der Waals surface area (Å²) in [7, 11) is 0. The molecule has 6 heteroatoms. The van der Waals surface area contributed by atoms with Crippen LogP contribution in [0.15, 0.2) is 18.2 Å². The molecular formula is C13H17F3N2O. The van der Waals surface area contributed by atoms with Crippen molar-refractivity contribution in [2.45, 2.75) is 25.6 Å². The van der Waals surface area contributed by atoms with Gasteiger partial charge < -0.3 is 15.7 Å². The van der Waals surface area contributed by atoms with E-state index >= 15 is 0 Å². The molecule has 3 N–H and O–H groups in total. The van der Waals surface area contributed by atoms with E-state index in [2.05, 4.69) is 0 Å². The van der Waals surface area contributed by atoms with Crippen LogP contribution in [0.1, 0.15) is 18.9 Å². The van der Waals surface area contributed by atoms with Gasteiger partial charge in [-0.1, -0.05) is 6.92 Å². The molecule has 1 aliphatic rings. The highest BCUT2D eigenvalue weighted by atomic mass is 19.4. The van der Waals surface area contributed by atoms with E-state index in [9.17, 15) is 18.3 Å². The Morgan fingerprint density at radius 3 is 2.63 bits per heavy atom. The zero-order valence-corrected chi connectivity index (χ0v) is 10.6. The molecule has 0 radical (unpaired) electrons. The normalized spacial score (nSPS) is 24.6. The monoisotopic (exact) mass is 274 g/mol. The number of β-amino-alcohol motifs (C(OH)–C–C–N with tert-alkyl or cyclic N) is 1. The number of alkyl halides is 3. The van der Waals surface area contributed by atoms with Crippen molar-refractivity contribution in [3.8, 4) is 0 Å². The first-order chi connectivity index (χ1) is 8.79. The van der Waals surface area contributed by atoms with Gasteiger partial charge in [0.2, 0.25) is 0 Å². The van der Waals surface area contributed by atoms with E-state index in [-0.39, 0.29) is 23.8 Å². The minimum Gasteiger partial charge on any atom is -0.399 e. The quantitative estimate of drug-likeness (QED) is 0.774. The second-order valence-corrected chi connectivity index (χ2v) is 5.05. The highest BCUT2D eigenvalue weighted by Crippen LogP contribution is 2.38. The number of hydrogen-bond acceptors (Lipinski definition) is 3. The molecule has 0 aromatic heterocycles. The van der Waals surface area contributed by atoms with Crippen LogP contribution in [-0.4, -0.2) is 24.3 Å². The molecule has 0 amide bonds. The van der Waals surface area contributed by atoms with Gasteiger partial charge in [-0.3, -0.25) is 0 Å². The molecule has 0 bridgehead atoms. The first-order valence-electron chi connectivity index (χ1n) is 6.19. The van der Waals surface area contributed by atoms with Crippen LogP contribution in [0, 0.1) is 5.92 Å². The standard InChI is InChI=1S/C13H17F3N2O/c1-8-4-5-18(7-12(8)19)11-3-2-9(17)6-10(11)13(14,15)16/h2-3,6,8,12,19H,4-5,7,17H2,1H3. The van der Waals surface area contributed by atoms with Crippen LogP contribution in [0.2, 0.25) is 0 Å². The Hall–Kier alpha value is -1.43. The minimum atomic E-state index is -4.45. The number of anilines is 2. The Morgan fingerprint density at radius 1 is 1.37 bits per heavy atom. The summed E-state index contributed by atoms with van der Waals surface area (Å²) in [6, 6.07) is 3.77. The molecule has 1 aromatic rings. The van der Waals surface area contributed by atoms with Crippen molar-refractivity contribution in [3.05, 3.63) is 23.8 Å². The maximum Gasteiger partial charge on any atom is 0.418 e. The molecule has 2 rings (SSSR count). The van der Waals surface area contributed by atoms with Gasteiger partial charge >= 0.3 is 6.18 Å². The molecule has 1 saturated heterocycles. The van der Waals surface area contributed by atoms with Crippen molar-refractivity contribution in [3.63, 3.8) is 0 Å². The minimum absolute atomic E-state index is 0.0852. The number of piperidine rings is 1. The Labute approximate surface area is 109 Å². The fourth-order valence-corrected chi connectivity index (χ4v) is 2.32. The molecule has 1 aliphatic heterocycles. The van der Waals surface area contributed by atoms with Gasteiger partial charge in [-0.05, 0) is 30.5 Å². The number of aliphatic hydroxyl groups is 1. The van der Waals surface area contributed by atoms with Crippen molar-refractivity contribution in [1.29, 1.82) is 0 Å². The van der Waals surface area contributed by atoms with E-state index in [1.165, 1.54) is 12.1 Å². The zero-order valence-electron chi connectivity index (χ0n) is 10.6. The summed E-state index contributed by atoms with van der Waals surface area (Å²) in [5.74, 6) is 0.111. The van der Waals surface area contributed by atoms with Crippen molar-refractivity contribution in [2.75, 3.05) is 23.7 Å². The van der Waals surface area contributed by atoms with E-state index in [4.69, 9.17) is 5.73 Å². The number of nitrogen functional groups attached to an aromatic ring is 1. The van der Waals surface area contributed by atoms with Crippen LogP contribution in [0.25, 0.3) is 0 Å². The molecule has 1 heterocycles. The molecule has 19 heavy (non-hydrogen) atoms. The van der Waals surface area contributed by atoms with Crippen LogP contribution in [-0.2, 0) is 6.18 Å². The SMILES string of the molecule is CC1CCN(c2ccc(N)cc2C(F)(F)F)CC1O. The lowest BCUT2D eigenvalue weighted by molar-refractivity contribution is -0.137. The zero-order chi connectivity index (χ0) is 14.2. The highest BCUT2D eigenvalue weighted by molar-refractivity contribution is 5.61. The van der Waals surface area contributed by atoms with Gasteiger partial charge in [0.25, 0.3) is 0 Å². The van der Waals surface area contributed by atoms with E-state index in [1.54, 1.807) is 4.90 Å². The molecule has 1 aromatic carbocycles. The fourth-order valence-electron chi connectivity index (χ4n) is 2.32. The smallest absolute Gasteiger partial charge is 0.399 e. The fraction of sp³-hybridized carbons (Fsp3) is 0.538. The Morgan fingerprint density at radius 2 is 2.05 bits per heavy atom. The van der Waals surface area contributed by atoms with Gasteiger partial charge in [0.05, 0.1) is 11.7 Å². The second-order valence-electron chi connectivity index (χ2n) is 5.05. The third-order valence-electron chi connectivity index (χ3n) is 3.59. The van der Waals surface area contributed by atoms with E-state index < -0.39 is 17.8 Å². The average Bonchev–Trinajstić information content (AvgIpc) is 2.32. The summed E-state index contributed by atoms with van der Waals surface area (Å²) >= 11 is 0. The van der Waals surface area contributed by atoms with Crippen molar-refractivity contribution < 1.29 is 18.3 Å². The molecule has 0 spiro atoms. The third kappa shape index (κ3) is 2.94. The molecule has 1 fully saturated rings. The molecule has 106 valence electrons. The molecule has 0 saturated carbocycles. The number of benzene rings is 1. The van der Waals surface area contributed by atoms with Crippen molar-refractivity contribution in [1.82, 2.24) is 0 Å². The van der Waals surface area contributed by atoms with Gasteiger partial charge in [0, 0.05) is 24.5 Å². The largest absolute Gasteiger partial charge is 0.418 e. The van der Waals surface area contributed by atoms with Crippen molar-refractivity contribution in [2.24, 2.45) is 5.92 Å². The summed E-state index contributed by atoms with van der Waals surface area (Å²) in [4.78, 5) is 1.58. The summed E-state index contributed by atoms with van der Waals surface area (Å²) in [6.07, 6.45) is -4.38. The summed E-state index contributed by atoms with van der Waals surface area (Å²) < 4.78 is 39.0. The first kappa shape index (κ1) is 14.0. The molecule has 2 atom stereocenters. The Kier molecular flexibility index (Phi) is 3.62. The molecule has 2 unspecified atom stereocenters.